The Hall–Kier alpha value is -2.36. The number of benzene rings is 1. The van der Waals surface area contributed by atoms with Crippen LogP contribution in [0.4, 0.5) is 0 Å². The smallest absolute Gasteiger partial charge is 0.153 e. The van der Waals surface area contributed by atoms with Crippen LogP contribution >= 0.6 is 0 Å². The maximum Gasteiger partial charge on any atom is 0.153 e. The number of allylic oxidation sites excluding steroid dienone is 3. The Balaban J connectivity index is 2.04. The van der Waals surface area contributed by atoms with Crippen LogP contribution in [0.5, 0.6) is 0 Å². The second-order valence-electron chi connectivity index (χ2n) is 4.84. The number of nitrogens with one attached hydrogen (secondary N) is 1. The molecule has 0 saturated carbocycles. The molecule has 0 spiro atoms. The molecular formula is C17H22N4. The Morgan fingerprint density at radius 2 is 2.05 bits per heavy atom. The van der Waals surface area contributed by atoms with Crippen LogP contribution in [0.25, 0.3) is 0 Å². The first-order valence-electron chi connectivity index (χ1n) is 7.30. The Labute approximate surface area is 126 Å². The fraction of sp³-hybridized carbons (Fsp3) is 0.294. The highest BCUT2D eigenvalue weighted by atomic mass is 15.5. The molecule has 0 fully saturated rings. The average Bonchev–Trinajstić information content (AvgIpc) is 2.52. The summed E-state index contributed by atoms with van der Waals surface area (Å²) in [5.74, 6) is 0.845. The zero-order valence-electron chi connectivity index (χ0n) is 12.7. The quantitative estimate of drug-likeness (QED) is 0.900. The Morgan fingerprint density at radius 1 is 1.24 bits per heavy atom. The maximum atomic E-state index is 4.35. The Morgan fingerprint density at radius 3 is 2.81 bits per heavy atom. The van der Waals surface area contributed by atoms with Crippen molar-refractivity contribution in [1.29, 1.82) is 0 Å². The van der Waals surface area contributed by atoms with Gasteiger partial charge in [0.25, 0.3) is 0 Å². The Bertz CT molecular complexity index is 555. The summed E-state index contributed by atoms with van der Waals surface area (Å²) in [5.41, 5.74) is 2.20. The summed E-state index contributed by atoms with van der Waals surface area (Å²) in [6.07, 6.45) is 10.1. The highest BCUT2D eigenvalue weighted by Gasteiger charge is 2.13. The van der Waals surface area contributed by atoms with Crippen molar-refractivity contribution in [2.45, 2.75) is 26.3 Å². The van der Waals surface area contributed by atoms with Gasteiger partial charge in [0.15, 0.2) is 5.84 Å². The molecule has 21 heavy (non-hydrogen) atoms. The molecule has 4 heteroatoms. The standard InChI is InChI=1S/C17H22N4/c1-3-4-5-9-12-16-17(19-14-20-21(16)2)18-13-15-10-7-6-8-11-15/h5-12,14H,3-4,13H2,1-2H3,(H,18,19,20)/b9-5+,16-12-. The topological polar surface area (TPSA) is 40.0 Å². The minimum absolute atomic E-state index is 0.747. The molecule has 1 aliphatic heterocycles. The van der Waals surface area contributed by atoms with E-state index in [4.69, 9.17) is 0 Å². The molecule has 1 N–H and O–H groups in total. The van der Waals surface area contributed by atoms with E-state index in [1.54, 1.807) is 6.34 Å². The van der Waals surface area contributed by atoms with Gasteiger partial charge in [-0.2, -0.15) is 5.10 Å². The third-order valence-electron chi connectivity index (χ3n) is 3.15. The highest BCUT2D eigenvalue weighted by molar-refractivity contribution is 6.02. The molecule has 0 unspecified atom stereocenters. The van der Waals surface area contributed by atoms with Gasteiger partial charge in [-0.3, -0.25) is 5.01 Å². The zero-order chi connectivity index (χ0) is 14.9. The lowest BCUT2D eigenvalue weighted by Crippen LogP contribution is -2.33. The summed E-state index contributed by atoms with van der Waals surface area (Å²) in [6, 6.07) is 10.3. The van der Waals surface area contributed by atoms with Gasteiger partial charge in [-0.15, -0.1) is 0 Å². The molecular weight excluding hydrogens is 260 g/mol. The third kappa shape index (κ3) is 4.60. The van der Waals surface area contributed by atoms with Gasteiger partial charge >= 0.3 is 0 Å². The summed E-state index contributed by atoms with van der Waals surface area (Å²) >= 11 is 0. The molecule has 1 aliphatic rings. The molecule has 0 atom stereocenters. The van der Waals surface area contributed by atoms with Gasteiger partial charge in [0.05, 0.1) is 0 Å². The van der Waals surface area contributed by atoms with E-state index >= 15 is 0 Å². The lowest BCUT2D eigenvalue weighted by molar-refractivity contribution is 0.463. The molecule has 2 rings (SSSR count). The van der Waals surface area contributed by atoms with Gasteiger partial charge in [0.1, 0.15) is 12.0 Å². The molecule has 0 aromatic heterocycles. The van der Waals surface area contributed by atoms with Crippen molar-refractivity contribution in [3.05, 3.63) is 59.8 Å². The first kappa shape index (κ1) is 15.0. The van der Waals surface area contributed by atoms with Crippen LogP contribution in [-0.4, -0.2) is 24.2 Å². The van der Waals surface area contributed by atoms with Crippen molar-refractivity contribution in [3.8, 4) is 0 Å². The molecule has 110 valence electrons. The molecule has 0 bridgehead atoms. The molecule has 1 aromatic carbocycles. The van der Waals surface area contributed by atoms with Gasteiger partial charge < -0.3 is 5.32 Å². The van der Waals surface area contributed by atoms with Gasteiger partial charge in [-0.1, -0.05) is 55.8 Å². The SMILES string of the molecule is CCC/C=C/C=C1/C(NCc2ccccc2)=NC=NN1C. The molecule has 1 heterocycles. The number of hydrogen-bond donors (Lipinski definition) is 1. The summed E-state index contributed by atoms with van der Waals surface area (Å²) in [5, 5.41) is 9.40. The third-order valence-corrected chi connectivity index (χ3v) is 3.15. The number of rotatable bonds is 5. The van der Waals surface area contributed by atoms with Gasteiger partial charge in [-0.25, -0.2) is 4.99 Å². The Kier molecular flexibility index (Phi) is 5.76. The van der Waals surface area contributed by atoms with Crippen molar-refractivity contribution in [2.75, 3.05) is 7.05 Å². The normalized spacial score (nSPS) is 16.6. The number of nitrogens with zero attached hydrogens (tertiary/aromatic N) is 3. The minimum Gasteiger partial charge on any atom is -0.364 e. The molecule has 0 amide bonds. The van der Waals surface area contributed by atoms with Crippen molar-refractivity contribution >= 4 is 12.2 Å². The molecule has 4 nitrogen and oxygen atoms in total. The van der Waals surface area contributed by atoms with E-state index in [1.807, 2.05) is 36.3 Å². The number of aliphatic imine (C=N–C) groups is 1. The first-order chi connectivity index (χ1) is 10.3. The van der Waals surface area contributed by atoms with Crippen molar-refractivity contribution in [3.63, 3.8) is 0 Å². The number of hydrazone groups is 1. The molecule has 0 saturated heterocycles. The van der Waals surface area contributed by atoms with Crippen LogP contribution in [-0.2, 0) is 6.54 Å². The molecule has 1 aromatic rings. The van der Waals surface area contributed by atoms with Gasteiger partial charge in [0.2, 0.25) is 0 Å². The summed E-state index contributed by atoms with van der Waals surface area (Å²) in [6.45, 7) is 2.92. The van der Waals surface area contributed by atoms with E-state index < -0.39 is 0 Å². The minimum atomic E-state index is 0.747. The lowest BCUT2D eigenvalue weighted by atomic mass is 10.2. The van der Waals surface area contributed by atoms with Crippen LogP contribution in [0.15, 0.2) is 64.4 Å². The van der Waals surface area contributed by atoms with Crippen LogP contribution in [0.3, 0.4) is 0 Å². The number of unbranched alkanes of at least 4 members (excludes halogenated alkanes) is 1. The number of likely N-dealkylation sites (N-methyl/N-ethyl adjacent to an activating group) is 1. The van der Waals surface area contributed by atoms with Crippen molar-refractivity contribution < 1.29 is 0 Å². The van der Waals surface area contributed by atoms with E-state index in [2.05, 4.69) is 46.6 Å². The summed E-state index contributed by atoms with van der Waals surface area (Å²) in [7, 11) is 1.93. The van der Waals surface area contributed by atoms with E-state index in [0.717, 1.165) is 30.9 Å². The van der Waals surface area contributed by atoms with E-state index in [0.29, 0.717) is 0 Å². The number of hydrogen-bond acceptors (Lipinski definition) is 4. The average molecular weight is 282 g/mol. The first-order valence-corrected chi connectivity index (χ1v) is 7.30. The predicted octanol–water partition coefficient (Wildman–Crippen LogP) is 3.30. The largest absolute Gasteiger partial charge is 0.364 e. The number of amidine groups is 1. The van der Waals surface area contributed by atoms with Gasteiger partial charge in [-0.05, 0) is 18.1 Å². The fourth-order valence-electron chi connectivity index (χ4n) is 1.97. The second kappa shape index (κ2) is 8.04. The molecule has 0 radical (unpaired) electrons. The van der Waals surface area contributed by atoms with Crippen LogP contribution in [0.2, 0.25) is 0 Å². The zero-order valence-corrected chi connectivity index (χ0v) is 12.7. The highest BCUT2D eigenvalue weighted by Crippen LogP contribution is 2.09. The predicted molar refractivity (Wildman–Crippen MR) is 89.1 cm³/mol. The fourth-order valence-corrected chi connectivity index (χ4v) is 1.97. The molecule has 0 aliphatic carbocycles. The van der Waals surface area contributed by atoms with E-state index in [-0.39, 0.29) is 0 Å². The van der Waals surface area contributed by atoms with Gasteiger partial charge in [0, 0.05) is 13.6 Å². The van der Waals surface area contributed by atoms with E-state index in [1.165, 1.54) is 5.56 Å². The maximum absolute atomic E-state index is 4.35. The van der Waals surface area contributed by atoms with Crippen LogP contribution in [0.1, 0.15) is 25.3 Å². The van der Waals surface area contributed by atoms with Crippen molar-refractivity contribution in [1.82, 2.24) is 10.3 Å². The van der Waals surface area contributed by atoms with Crippen LogP contribution < -0.4 is 5.32 Å². The summed E-state index contributed by atoms with van der Waals surface area (Å²) < 4.78 is 0. The summed E-state index contributed by atoms with van der Waals surface area (Å²) in [4.78, 5) is 4.35. The second-order valence-corrected chi connectivity index (χ2v) is 4.84. The van der Waals surface area contributed by atoms with Crippen LogP contribution in [0, 0.1) is 0 Å². The van der Waals surface area contributed by atoms with Crippen molar-refractivity contribution in [2.24, 2.45) is 10.1 Å². The monoisotopic (exact) mass is 282 g/mol. The lowest BCUT2D eigenvalue weighted by Gasteiger charge is -2.22. The van der Waals surface area contributed by atoms with E-state index in [9.17, 15) is 0 Å².